The third kappa shape index (κ3) is 3.55. The van der Waals surface area contributed by atoms with Crippen LogP contribution in [-0.2, 0) is 0 Å². The zero-order valence-electron chi connectivity index (χ0n) is 10.5. The van der Waals surface area contributed by atoms with E-state index in [1.165, 1.54) is 17.8 Å². The predicted molar refractivity (Wildman–Crippen MR) is 74.8 cm³/mol. The second-order valence-corrected chi connectivity index (χ2v) is 5.07. The molecule has 100 valence electrons. The Morgan fingerprint density at radius 2 is 2.26 bits per heavy atom. The zero-order valence-corrected chi connectivity index (χ0v) is 11.3. The molecule has 0 saturated heterocycles. The molecule has 2 aromatic heterocycles. The highest BCUT2D eigenvalue weighted by Gasteiger charge is 2.06. The number of pyridine rings is 1. The van der Waals surface area contributed by atoms with Gasteiger partial charge in [-0.1, -0.05) is 18.7 Å². The molecule has 0 aliphatic heterocycles. The third-order valence-electron chi connectivity index (χ3n) is 2.53. The molecular weight excluding hydrogens is 262 g/mol. The first-order valence-electron chi connectivity index (χ1n) is 5.84. The number of aromatic nitrogens is 3. The fourth-order valence-corrected chi connectivity index (χ4v) is 2.26. The van der Waals surface area contributed by atoms with Gasteiger partial charge in [0, 0.05) is 23.2 Å². The number of nitrogens with zero attached hydrogens (tertiary/aromatic N) is 2. The molecule has 0 aliphatic carbocycles. The lowest BCUT2D eigenvalue weighted by Gasteiger charge is -2.08. The molecule has 19 heavy (non-hydrogen) atoms. The van der Waals surface area contributed by atoms with E-state index in [2.05, 4.69) is 15.0 Å². The molecule has 1 atom stereocenters. The maximum Gasteiger partial charge on any atom is 0.253 e. The molecule has 7 heteroatoms. The molecule has 0 aromatic carbocycles. The summed E-state index contributed by atoms with van der Waals surface area (Å²) < 4.78 is 0. The van der Waals surface area contributed by atoms with Crippen LogP contribution in [0.25, 0.3) is 0 Å². The highest BCUT2D eigenvalue weighted by atomic mass is 32.2. The Balaban J connectivity index is 2.17. The van der Waals surface area contributed by atoms with E-state index in [0.717, 1.165) is 17.0 Å². The van der Waals surface area contributed by atoms with E-state index in [0.29, 0.717) is 5.16 Å². The van der Waals surface area contributed by atoms with Crippen LogP contribution >= 0.6 is 11.8 Å². The van der Waals surface area contributed by atoms with Crippen molar-refractivity contribution in [3.05, 3.63) is 40.4 Å². The highest BCUT2D eigenvalue weighted by molar-refractivity contribution is 7.99. The number of aromatic amines is 1. The number of anilines is 1. The molecule has 0 spiro atoms. The van der Waals surface area contributed by atoms with Gasteiger partial charge < -0.3 is 16.5 Å². The summed E-state index contributed by atoms with van der Waals surface area (Å²) in [6.45, 7) is 2.01. The van der Waals surface area contributed by atoms with E-state index >= 15 is 0 Å². The topological polar surface area (TPSA) is 111 Å². The largest absolute Gasteiger partial charge is 0.383 e. The quantitative estimate of drug-likeness (QED) is 0.727. The summed E-state index contributed by atoms with van der Waals surface area (Å²) in [6, 6.07) is 4.96. The second-order valence-electron chi connectivity index (χ2n) is 4.01. The van der Waals surface area contributed by atoms with E-state index in [1.54, 1.807) is 6.20 Å². The normalized spacial score (nSPS) is 12.3. The lowest BCUT2D eigenvalue weighted by molar-refractivity contribution is 0.674. The van der Waals surface area contributed by atoms with Gasteiger partial charge in [0.15, 0.2) is 5.16 Å². The summed E-state index contributed by atoms with van der Waals surface area (Å²) in [5.41, 5.74) is 12.0. The van der Waals surface area contributed by atoms with Crippen molar-refractivity contribution in [2.24, 2.45) is 5.73 Å². The van der Waals surface area contributed by atoms with E-state index < -0.39 is 0 Å². The zero-order chi connectivity index (χ0) is 13.8. The van der Waals surface area contributed by atoms with Gasteiger partial charge in [0.2, 0.25) is 0 Å². The van der Waals surface area contributed by atoms with Crippen LogP contribution in [0.3, 0.4) is 0 Å². The number of nitrogens with two attached hydrogens (primary N) is 2. The van der Waals surface area contributed by atoms with Crippen molar-refractivity contribution in [2.45, 2.75) is 29.4 Å². The van der Waals surface area contributed by atoms with Crippen LogP contribution in [0.2, 0.25) is 0 Å². The Labute approximate surface area is 114 Å². The molecule has 1 unspecified atom stereocenters. The first-order chi connectivity index (χ1) is 9.08. The van der Waals surface area contributed by atoms with E-state index in [-0.39, 0.29) is 17.4 Å². The highest BCUT2D eigenvalue weighted by Crippen LogP contribution is 2.24. The van der Waals surface area contributed by atoms with Gasteiger partial charge in [-0.2, -0.15) is 0 Å². The Morgan fingerprint density at radius 3 is 2.84 bits per heavy atom. The fourth-order valence-electron chi connectivity index (χ4n) is 1.49. The lowest BCUT2D eigenvalue weighted by Crippen LogP contribution is -2.10. The van der Waals surface area contributed by atoms with Crippen LogP contribution in [0.4, 0.5) is 5.82 Å². The van der Waals surface area contributed by atoms with E-state index in [1.807, 2.05) is 19.1 Å². The van der Waals surface area contributed by atoms with Gasteiger partial charge in [-0.3, -0.25) is 9.78 Å². The van der Waals surface area contributed by atoms with Gasteiger partial charge in [-0.15, -0.1) is 0 Å². The Morgan fingerprint density at radius 1 is 1.47 bits per heavy atom. The average Bonchev–Trinajstić information content (AvgIpc) is 2.37. The lowest BCUT2D eigenvalue weighted by atomic mass is 10.1. The van der Waals surface area contributed by atoms with Crippen molar-refractivity contribution in [1.82, 2.24) is 15.0 Å². The summed E-state index contributed by atoms with van der Waals surface area (Å²) in [7, 11) is 0. The SMILES string of the molecule is CCC(N)c1ccc(Sc2nc(N)cc(=O)[nH]2)cn1. The third-order valence-corrected chi connectivity index (χ3v) is 3.40. The molecule has 0 fully saturated rings. The minimum atomic E-state index is -0.271. The van der Waals surface area contributed by atoms with E-state index in [9.17, 15) is 4.79 Å². The van der Waals surface area contributed by atoms with Crippen molar-refractivity contribution in [1.29, 1.82) is 0 Å². The maximum atomic E-state index is 11.3. The van der Waals surface area contributed by atoms with Crippen molar-refractivity contribution in [3.8, 4) is 0 Å². The molecule has 2 heterocycles. The smallest absolute Gasteiger partial charge is 0.253 e. The Hall–Kier alpha value is -1.86. The van der Waals surface area contributed by atoms with Gasteiger partial charge in [0.05, 0.1) is 5.69 Å². The van der Waals surface area contributed by atoms with Crippen molar-refractivity contribution in [3.63, 3.8) is 0 Å². The van der Waals surface area contributed by atoms with Gasteiger partial charge in [-0.05, 0) is 18.6 Å². The number of hydrogen-bond acceptors (Lipinski definition) is 6. The Bertz CT molecular complexity index is 610. The predicted octanol–water partition coefficient (Wildman–Crippen LogP) is 1.31. The summed E-state index contributed by atoms with van der Waals surface area (Å²) in [6.07, 6.45) is 2.54. The molecular formula is C12H15N5OS. The fraction of sp³-hybridized carbons (Fsp3) is 0.250. The van der Waals surface area contributed by atoms with Crippen LogP contribution in [-0.4, -0.2) is 15.0 Å². The molecule has 6 nitrogen and oxygen atoms in total. The minimum Gasteiger partial charge on any atom is -0.383 e. The second kappa shape index (κ2) is 5.85. The summed E-state index contributed by atoms with van der Waals surface area (Å²) in [5.74, 6) is 0.198. The molecule has 0 aliphatic rings. The molecule has 0 saturated carbocycles. The molecule has 2 rings (SSSR count). The van der Waals surface area contributed by atoms with Gasteiger partial charge in [0.25, 0.3) is 5.56 Å². The van der Waals surface area contributed by atoms with Crippen LogP contribution in [0.1, 0.15) is 25.1 Å². The molecule has 0 bridgehead atoms. The van der Waals surface area contributed by atoms with Crippen LogP contribution in [0.15, 0.2) is 39.2 Å². The Kier molecular flexibility index (Phi) is 4.18. The maximum absolute atomic E-state index is 11.3. The standard InChI is InChI=1S/C12H15N5OS/c1-2-8(13)9-4-3-7(6-15-9)19-12-16-10(14)5-11(18)17-12/h3-6,8H,2,13H2,1H3,(H3,14,16,17,18). The molecule has 0 amide bonds. The molecule has 5 N–H and O–H groups in total. The van der Waals surface area contributed by atoms with Crippen LogP contribution in [0.5, 0.6) is 0 Å². The van der Waals surface area contributed by atoms with Gasteiger partial charge >= 0.3 is 0 Å². The van der Waals surface area contributed by atoms with E-state index in [4.69, 9.17) is 11.5 Å². The minimum absolute atomic E-state index is 0.0515. The summed E-state index contributed by atoms with van der Waals surface area (Å²) >= 11 is 1.29. The molecule has 0 radical (unpaired) electrons. The van der Waals surface area contributed by atoms with Crippen molar-refractivity contribution < 1.29 is 0 Å². The molecule has 2 aromatic rings. The van der Waals surface area contributed by atoms with Crippen LogP contribution < -0.4 is 17.0 Å². The summed E-state index contributed by atoms with van der Waals surface area (Å²) in [5, 5.41) is 0.444. The number of nitrogens with one attached hydrogen (secondary N) is 1. The average molecular weight is 277 g/mol. The van der Waals surface area contributed by atoms with Gasteiger partial charge in [-0.25, -0.2) is 4.98 Å². The first kappa shape index (κ1) is 13.6. The number of rotatable bonds is 4. The van der Waals surface area contributed by atoms with Crippen LogP contribution in [0, 0.1) is 0 Å². The number of hydrogen-bond donors (Lipinski definition) is 3. The van der Waals surface area contributed by atoms with Gasteiger partial charge in [0.1, 0.15) is 5.82 Å². The van der Waals surface area contributed by atoms with Crippen molar-refractivity contribution >= 4 is 17.6 Å². The monoisotopic (exact) mass is 277 g/mol. The number of H-pyrrole nitrogens is 1. The first-order valence-corrected chi connectivity index (χ1v) is 6.66. The summed E-state index contributed by atoms with van der Waals surface area (Å²) in [4.78, 5) is 23.1. The number of nitrogen functional groups attached to an aromatic ring is 1. The van der Waals surface area contributed by atoms with Crippen molar-refractivity contribution in [2.75, 3.05) is 5.73 Å².